The molecule has 0 amide bonds. The van der Waals surface area contributed by atoms with Gasteiger partial charge in [-0.15, -0.1) is 0 Å². The number of dihydropyridines is 1. The van der Waals surface area contributed by atoms with Crippen molar-refractivity contribution in [3.63, 3.8) is 0 Å². The number of nitrogens with one attached hydrogen (secondary N) is 3. The van der Waals surface area contributed by atoms with Crippen molar-refractivity contribution in [3.8, 4) is 0 Å². The molecule has 2 aromatic rings. The summed E-state index contributed by atoms with van der Waals surface area (Å²) >= 11 is 0. The van der Waals surface area contributed by atoms with E-state index in [9.17, 15) is 13.2 Å². The number of nitrogens with zero attached hydrogens (tertiary/aromatic N) is 2. The van der Waals surface area contributed by atoms with E-state index in [1.807, 2.05) is 18.3 Å². The van der Waals surface area contributed by atoms with Gasteiger partial charge in [-0.05, 0) is 48.3 Å². The van der Waals surface area contributed by atoms with E-state index in [-0.39, 0.29) is 6.17 Å². The summed E-state index contributed by atoms with van der Waals surface area (Å²) in [6, 6.07) is 7.62. The Morgan fingerprint density at radius 2 is 1.84 bits per heavy atom. The smallest absolute Gasteiger partial charge is 0.367 e. The Kier molecular flexibility index (Phi) is 4.92. The van der Waals surface area contributed by atoms with Crippen LogP contribution in [0.25, 0.3) is 11.1 Å². The fourth-order valence-electron chi connectivity index (χ4n) is 4.27. The largest absolute Gasteiger partial charge is 0.416 e. The van der Waals surface area contributed by atoms with Crippen molar-refractivity contribution in [1.29, 1.82) is 0 Å². The summed E-state index contributed by atoms with van der Waals surface area (Å²) in [4.78, 5) is 9.04. The highest BCUT2D eigenvalue weighted by Gasteiger charge is 2.31. The number of hydrogen-bond acceptors (Lipinski definition) is 5. The van der Waals surface area contributed by atoms with Crippen LogP contribution in [0, 0.1) is 0 Å². The molecule has 1 fully saturated rings. The zero-order valence-corrected chi connectivity index (χ0v) is 16.7. The van der Waals surface area contributed by atoms with Crippen molar-refractivity contribution in [1.82, 2.24) is 20.6 Å². The predicted octanol–water partition coefficient (Wildman–Crippen LogP) is 4.69. The fraction of sp³-hybridized carbons (Fsp3) is 0.304. The molecular weight excluding hydrogens is 403 g/mol. The minimum absolute atomic E-state index is 0.147. The monoisotopic (exact) mass is 425 g/mol. The van der Waals surface area contributed by atoms with E-state index in [0.29, 0.717) is 23.1 Å². The van der Waals surface area contributed by atoms with E-state index in [4.69, 9.17) is 0 Å². The van der Waals surface area contributed by atoms with E-state index >= 15 is 0 Å². The molecule has 0 bridgehead atoms. The van der Waals surface area contributed by atoms with E-state index in [2.05, 4.69) is 25.9 Å². The van der Waals surface area contributed by atoms with Crippen LogP contribution in [0.15, 0.2) is 60.6 Å². The van der Waals surface area contributed by atoms with Crippen LogP contribution in [0.2, 0.25) is 0 Å². The quantitative estimate of drug-likeness (QED) is 0.663. The van der Waals surface area contributed by atoms with Crippen LogP contribution in [-0.2, 0) is 6.18 Å². The summed E-state index contributed by atoms with van der Waals surface area (Å²) in [5, 5.41) is 9.90. The first-order chi connectivity index (χ1) is 15.0. The Morgan fingerprint density at radius 3 is 2.65 bits per heavy atom. The van der Waals surface area contributed by atoms with Gasteiger partial charge in [-0.3, -0.25) is 0 Å². The first-order valence-electron chi connectivity index (χ1n) is 10.4. The van der Waals surface area contributed by atoms with Gasteiger partial charge in [0.1, 0.15) is 6.17 Å². The van der Waals surface area contributed by atoms with Gasteiger partial charge in [-0.25, -0.2) is 9.97 Å². The highest BCUT2D eigenvalue weighted by molar-refractivity contribution is 5.88. The summed E-state index contributed by atoms with van der Waals surface area (Å²) in [5.41, 5.74) is 3.12. The third kappa shape index (κ3) is 4.02. The lowest BCUT2D eigenvalue weighted by Gasteiger charge is -2.22. The maximum atomic E-state index is 13.1. The molecule has 0 spiro atoms. The van der Waals surface area contributed by atoms with Gasteiger partial charge in [0.05, 0.1) is 11.3 Å². The number of hydrogen-bond donors (Lipinski definition) is 3. The molecule has 3 N–H and O–H groups in total. The maximum Gasteiger partial charge on any atom is 0.416 e. The zero-order chi connectivity index (χ0) is 21.4. The Hall–Kier alpha value is -3.29. The highest BCUT2D eigenvalue weighted by Crippen LogP contribution is 2.35. The molecule has 5 nitrogen and oxygen atoms in total. The van der Waals surface area contributed by atoms with Crippen LogP contribution in [0.3, 0.4) is 0 Å². The van der Waals surface area contributed by atoms with Crippen molar-refractivity contribution in [2.45, 2.75) is 44.1 Å². The molecule has 5 rings (SSSR count). The van der Waals surface area contributed by atoms with E-state index < -0.39 is 11.7 Å². The van der Waals surface area contributed by atoms with Crippen LogP contribution < -0.4 is 16.0 Å². The predicted molar refractivity (Wildman–Crippen MR) is 113 cm³/mol. The number of aromatic nitrogens is 2. The second-order valence-electron chi connectivity index (χ2n) is 7.99. The molecule has 1 saturated carbocycles. The van der Waals surface area contributed by atoms with Crippen molar-refractivity contribution < 1.29 is 13.2 Å². The van der Waals surface area contributed by atoms with Gasteiger partial charge in [0.25, 0.3) is 0 Å². The maximum absolute atomic E-state index is 13.1. The van der Waals surface area contributed by atoms with Crippen LogP contribution in [0.5, 0.6) is 0 Å². The minimum Gasteiger partial charge on any atom is -0.367 e. The molecule has 1 atom stereocenters. The van der Waals surface area contributed by atoms with Crippen molar-refractivity contribution >= 4 is 17.1 Å². The van der Waals surface area contributed by atoms with Gasteiger partial charge in [0, 0.05) is 35.8 Å². The van der Waals surface area contributed by atoms with E-state index in [1.165, 1.54) is 25.0 Å². The van der Waals surface area contributed by atoms with Crippen LogP contribution in [0.4, 0.5) is 19.1 Å². The Balaban J connectivity index is 1.42. The lowest BCUT2D eigenvalue weighted by Crippen LogP contribution is -2.36. The number of fused-ring (bicyclic) bond motifs is 1. The molecule has 2 aliphatic heterocycles. The van der Waals surface area contributed by atoms with Gasteiger partial charge in [-0.2, -0.15) is 13.2 Å². The van der Waals surface area contributed by atoms with Crippen LogP contribution in [-0.4, -0.2) is 22.2 Å². The standard InChI is InChI=1S/C23H22F3N5/c24-23(25,26)16-5-3-4-14(10-16)15-11-18-19(13-29-21(18)28-12-15)20-8-9-27-22(31-20)30-17-6-1-2-7-17/h3-5,8-13,17,21,28-29H,1-2,6-7H2,(H,27,30,31). The van der Waals surface area contributed by atoms with E-state index in [0.717, 1.165) is 35.7 Å². The molecule has 1 aliphatic carbocycles. The van der Waals surface area contributed by atoms with Gasteiger partial charge < -0.3 is 16.0 Å². The summed E-state index contributed by atoms with van der Waals surface area (Å²) in [6.45, 7) is 0. The van der Waals surface area contributed by atoms with Crippen molar-refractivity contribution in [3.05, 3.63) is 77.4 Å². The van der Waals surface area contributed by atoms with Crippen LogP contribution >= 0.6 is 0 Å². The summed E-state index contributed by atoms with van der Waals surface area (Å²) in [5.74, 6) is 0.603. The van der Waals surface area contributed by atoms with E-state index in [1.54, 1.807) is 18.5 Å². The lowest BCUT2D eigenvalue weighted by atomic mass is 9.95. The number of rotatable bonds is 4. The zero-order valence-electron chi connectivity index (χ0n) is 16.7. The average molecular weight is 425 g/mol. The topological polar surface area (TPSA) is 61.9 Å². The average Bonchev–Trinajstić information content (AvgIpc) is 3.43. The molecule has 1 aromatic heterocycles. The lowest BCUT2D eigenvalue weighted by molar-refractivity contribution is -0.137. The number of allylic oxidation sites excluding steroid dienone is 2. The minimum atomic E-state index is -4.38. The molecule has 1 unspecified atom stereocenters. The highest BCUT2D eigenvalue weighted by atomic mass is 19.4. The van der Waals surface area contributed by atoms with Gasteiger partial charge >= 0.3 is 6.18 Å². The molecule has 160 valence electrons. The van der Waals surface area contributed by atoms with Crippen LogP contribution in [0.1, 0.15) is 42.5 Å². The van der Waals surface area contributed by atoms with Gasteiger partial charge in [0.2, 0.25) is 5.95 Å². The second-order valence-corrected chi connectivity index (χ2v) is 7.99. The Morgan fingerprint density at radius 1 is 1.03 bits per heavy atom. The Bertz CT molecular complexity index is 1080. The molecule has 3 heterocycles. The number of anilines is 1. The number of benzene rings is 1. The summed E-state index contributed by atoms with van der Waals surface area (Å²) in [6.07, 6.45) is 7.43. The molecular formula is C23H22F3N5. The number of halogens is 3. The first kappa shape index (κ1) is 19.7. The van der Waals surface area contributed by atoms with Gasteiger partial charge in [0.15, 0.2) is 0 Å². The number of alkyl halides is 3. The second kappa shape index (κ2) is 7.76. The molecule has 3 aliphatic rings. The van der Waals surface area contributed by atoms with Crippen molar-refractivity contribution in [2.24, 2.45) is 0 Å². The fourth-order valence-corrected chi connectivity index (χ4v) is 4.27. The molecule has 31 heavy (non-hydrogen) atoms. The van der Waals surface area contributed by atoms with Gasteiger partial charge in [-0.1, -0.05) is 25.0 Å². The molecule has 0 radical (unpaired) electrons. The normalized spacial score (nSPS) is 20.9. The first-order valence-corrected chi connectivity index (χ1v) is 10.4. The SMILES string of the molecule is FC(F)(F)c1cccc(C2=CNC3NC=C(c4ccnc(NC5CCCC5)n4)C3=C2)c1. The molecule has 1 aromatic carbocycles. The molecule has 0 saturated heterocycles. The van der Waals surface area contributed by atoms with Crippen molar-refractivity contribution in [2.75, 3.05) is 5.32 Å². The Labute approximate surface area is 178 Å². The third-order valence-corrected chi connectivity index (χ3v) is 5.88. The molecule has 8 heteroatoms. The summed E-state index contributed by atoms with van der Waals surface area (Å²) < 4.78 is 39.4. The third-order valence-electron chi connectivity index (χ3n) is 5.88. The summed E-state index contributed by atoms with van der Waals surface area (Å²) in [7, 11) is 0.